The van der Waals surface area contributed by atoms with Crippen LogP contribution in [0.25, 0.3) is 10.9 Å². The fraction of sp³-hybridized carbons (Fsp3) is 0.125. The molecule has 0 aliphatic heterocycles. The molecule has 0 saturated carbocycles. The van der Waals surface area contributed by atoms with E-state index in [9.17, 15) is 4.79 Å². The van der Waals surface area contributed by atoms with Crippen molar-refractivity contribution in [1.82, 2.24) is 9.97 Å². The maximum Gasteiger partial charge on any atom is 0.248 e. The van der Waals surface area contributed by atoms with Gasteiger partial charge >= 0.3 is 0 Å². The minimum absolute atomic E-state index is 0.0681. The third kappa shape index (κ3) is 2.27. The van der Waals surface area contributed by atoms with Crippen molar-refractivity contribution in [3.63, 3.8) is 0 Å². The Morgan fingerprint density at radius 2 is 1.84 bits per heavy atom. The quantitative estimate of drug-likeness (QED) is 0.759. The lowest BCUT2D eigenvalue weighted by Crippen LogP contribution is -2.10. The minimum atomic E-state index is -0.0786. The van der Waals surface area contributed by atoms with Crippen molar-refractivity contribution in [2.45, 2.75) is 12.8 Å². The summed E-state index contributed by atoms with van der Waals surface area (Å²) in [4.78, 5) is 18.9. The summed E-state index contributed by atoms with van der Waals surface area (Å²) >= 11 is 0. The third-order valence-corrected chi connectivity index (χ3v) is 3.32. The van der Waals surface area contributed by atoms with E-state index in [2.05, 4.69) is 16.0 Å². The molecular weight excluding hydrogens is 236 g/mol. The number of benzene rings is 1. The maximum absolute atomic E-state index is 11.4. The number of rotatable bonds is 2. The molecule has 0 amide bonds. The van der Waals surface area contributed by atoms with Crippen LogP contribution in [0.4, 0.5) is 0 Å². The zero-order valence-electron chi connectivity index (χ0n) is 10.6. The van der Waals surface area contributed by atoms with Crippen LogP contribution in [0.1, 0.15) is 24.2 Å². The van der Waals surface area contributed by atoms with Gasteiger partial charge in [-0.1, -0.05) is 37.3 Å². The van der Waals surface area contributed by atoms with E-state index in [0.717, 1.165) is 22.3 Å². The van der Waals surface area contributed by atoms with E-state index >= 15 is 0 Å². The number of hydrogen-bond acceptors (Lipinski definition) is 2. The van der Waals surface area contributed by atoms with E-state index in [1.807, 2.05) is 43.3 Å². The van der Waals surface area contributed by atoms with Crippen molar-refractivity contribution in [2.75, 3.05) is 0 Å². The highest BCUT2D eigenvalue weighted by Crippen LogP contribution is 2.22. The molecule has 0 aliphatic carbocycles. The van der Waals surface area contributed by atoms with Crippen molar-refractivity contribution in [1.29, 1.82) is 0 Å². The highest BCUT2D eigenvalue weighted by atomic mass is 16.1. The van der Waals surface area contributed by atoms with E-state index in [1.54, 1.807) is 6.07 Å². The van der Waals surface area contributed by atoms with Crippen LogP contribution >= 0.6 is 0 Å². The molecular formula is C16H14N2O. The molecule has 3 nitrogen and oxygen atoms in total. The zero-order valence-corrected chi connectivity index (χ0v) is 10.6. The first-order valence-electron chi connectivity index (χ1n) is 6.29. The molecule has 0 aliphatic rings. The summed E-state index contributed by atoms with van der Waals surface area (Å²) in [6, 6.07) is 17.3. The van der Waals surface area contributed by atoms with E-state index in [-0.39, 0.29) is 11.5 Å². The molecule has 0 saturated heterocycles. The molecule has 2 heterocycles. The van der Waals surface area contributed by atoms with Crippen LogP contribution in [-0.2, 0) is 0 Å². The Bertz CT molecular complexity index is 777. The molecule has 0 radical (unpaired) electrons. The van der Waals surface area contributed by atoms with Gasteiger partial charge in [0.1, 0.15) is 0 Å². The number of para-hydroxylation sites is 1. The van der Waals surface area contributed by atoms with Gasteiger partial charge in [0.2, 0.25) is 5.56 Å². The molecule has 0 bridgehead atoms. The molecule has 19 heavy (non-hydrogen) atoms. The topological polar surface area (TPSA) is 45.8 Å². The fourth-order valence-electron chi connectivity index (χ4n) is 2.20. The van der Waals surface area contributed by atoms with E-state index in [0.29, 0.717) is 0 Å². The van der Waals surface area contributed by atoms with Gasteiger partial charge in [0.05, 0.1) is 5.52 Å². The van der Waals surface area contributed by atoms with Gasteiger partial charge in [-0.15, -0.1) is 0 Å². The lowest BCUT2D eigenvalue weighted by Gasteiger charge is -2.11. The molecule has 2 aromatic heterocycles. The SMILES string of the molecule is CC(c1ccc2ccccc2n1)c1cccc(=O)[nH]1. The van der Waals surface area contributed by atoms with Crippen LogP contribution < -0.4 is 5.56 Å². The fourth-order valence-corrected chi connectivity index (χ4v) is 2.20. The van der Waals surface area contributed by atoms with Crippen LogP contribution in [0.5, 0.6) is 0 Å². The molecule has 3 heteroatoms. The second kappa shape index (κ2) is 4.69. The normalized spacial score (nSPS) is 12.5. The first kappa shape index (κ1) is 11.7. The Morgan fingerprint density at radius 3 is 2.68 bits per heavy atom. The maximum atomic E-state index is 11.4. The number of nitrogens with zero attached hydrogens (tertiary/aromatic N) is 1. The number of H-pyrrole nitrogens is 1. The lowest BCUT2D eigenvalue weighted by molar-refractivity contribution is 0.832. The average molecular weight is 250 g/mol. The molecule has 0 fully saturated rings. The molecule has 1 atom stereocenters. The van der Waals surface area contributed by atoms with Gasteiger partial charge < -0.3 is 4.98 Å². The second-order valence-corrected chi connectivity index (χ2v) is 4.62. The van der Waals surface area contributed by atoms with Gasteiger partial charge in [0.25, 0.3) is 0 Å². The smallest absolute Gasteiger partial charge is 0.248 e. The average Bonchev–Trinajstić information content (AvgIpc) is 2.46. The predicted molar refractivity (Wildman–Crippen MR) is 76.3 cm³/mol. The standard InChI is InChI=1S/C16H14N2O/c1-11(13-7-4-8-16(19)18-13)14-10-9-12-5-2-3-6-15(12)17-14/h2-11H,1H3,(H,18,19). The zero-order chi connectivity index (χ0) is 13.2. The van der Waals surface area contributed by atoms with E-state index in [1.165, 1.54) is 6.07 Å². The minimum Gasteiger partial charge on any atom is -0.326 e. The highest BCUT2D eigenvalue weighted by Gasteiger charge is 2.11. The van der Waals surface area contributed by atoms with Crippen molar-refractivity contribution in [3.05, 3.63) is 76.3 Å². The van der Waals surface area contributed by atoms with Gasteiger partial charge in [0, 0.05) is 28.8 Å². The van der Waals surface area contributed by atoms with Crippen LogP contribution in [0.15, 0.2) is 59.4 Å². The molecule has 3 rings (SSSR count). The Hall–Kier alpha value is -2.42. The van der Waals surface area contributed by atoms with Gasteiger partial charge in [-0.2, -0.15) is 0 Å². The summed E-state index contributed by atoms with van der Waals surface area (Å²) in [5.41, 5.74) is 2.74. The number of aromatic nitrogens is 2. The first-order valence-corrected chi connectivity index (χ1v) is 6.29. The largest absolute Gasteiger partial charge is 0.326 e. The number of hydrogen-bond donors (Lipinski definition) is 1. The summed E-state index contributed by atoms with van der Waals surface area (Å²) in [5, 5.41) is 1.13. The van der Waals surface area contributed by atoms with Crippen LogP contribution in [0, 0.1) is 0 Å². The van der Waals surface area contributed by atoms with Crippen LogP contribution in [0.3, 0.4) is 0 Å². The second-order valence-electron chi connectivity index (χ2n) is 4.62. The molecule has 1 unspecified atom stereocenters. The van der Waals surface area contributed by atoms with Crippen LogP contribution in [0.2, 0.25) is 0 Å². The van der Waals surface area contributed by atoms with Gasteiger partial charge in [-0.05, 0) is 18.2 Å². The molecule has 1 N–H and O–H groups in total. The van der Waals surface area contributed by atoms with E-state index < -0.39 is 0 Å². The third-order valence-electron chi connectivity index (χ3n) is 3.32. The highest BCUT2D eigenvalue weighted by molar-refractivity contribution is 5.78. The molecule has 94 valence electrons. The Labute approximate surface area is 111 Å². The summed E-state index contributed by atoms with van der Waals surface area (Å²) < 4.78 is 0. The number of nitrogens with one attached hydrogen (secondary N) is 1. The Balaban J connectivity index is 2.06. The van der Waals surface area contributed by atoms with E-state index in [4.69, 9.17) is 0 Å². The lowest BCUT2D eigenvalue weighted by atomic mass is 10.0. The number of aromatic amines is 1. The summed E-state index contributed by atoms with van der Waals surface area (Å²) in [6.45, 7) is 2.04. The molecule has 0 spiro atoms. The summed E-state index contributed by atoms with van der Waals surface area (Å²) in [7, 11) is 0. The summed E-state index contributed by atoms with van der Waals surface area (Å²) in [6.07, 6.45) is 0. The molecule has 3 aromatic rings. The van der Waals surface area contributed by atoms with Gasteiger partial charge in [0.15, 0.2) is 0 Å². The van der Waals surface area contributed by atoms with Gasteiger partial charge in [-0.3, -0.25) is 9.78 Å². The monoisotopic (exact) mass is 250 g/mol. The van der Waals surface area contributed by atoms with Crippen molar-refractivity contribution < 1.29 is 0 Å². The van der Waals surface area contributed by atoms with Crippen molar-refractivity contribution in [2.24, 2.45) is 0 Å². The van der Waals surface area contributed by atoms with Crippen molar-refractivity contribution in [3.8, 4) is 0 Å². The van der Waals surface area contributed by atoms with Gasteiger partial charge in [-0.25, -0.2) is 0 Å². The predicted octanol–water partition coefficient (Wildman–Crippen LogP) is 3.07. The first-order chi connectivity index (χ1) is 9.24. The number of pyridine rings is 2. The summed E-state index contributed by atoms with van der Waals surface area (Å²) in [5.74, 6) is 0.0681. The Kier molecular flexibility index (Phi) is 2.88. The van der Waals surface area contributed by atoms with Crippen LogP contribution in [-0.4, -0.2) is 9.97 Å². The Morgan fingerprint density at radius 1 is 1.00 bits per heavy atom. The number of fused-ring (bicyclic) bond motifs is 1. The van der Waals surface area contributed by atoms with Crippen molar-refractivity contribution >= 4 is 10.9 Å². The molecule has 1 aromatic carbocycles.